The summed E-state index contributed by atoms with van der Waals surface area (Å²) >= 11 is 0. The van der Waals surface area contributed by atoms with Gasteiger partial charge in [-0.25, -0.2) is 13.8 Å². The van der Waals surface area contributed by atoms with Crippen molar-refractivity contribution in [2.75, 3.05) is 0 Å². The number of hydrogen-bond acceptors (Lipinski definition) is 4. The van der Waals surface area contributed by atoms with Gasteiger partial charge in [-0.2, -0.15) is 0 Å². The smallest absolute Gasteiger partial charge is 0.143 e. The predicted octanol–water partition coefficient (Wildman–Crippen LogP) is 2.56. The minimum absolute atomic E-state index is 0.118. The molecule has 1 aliphatic rings. The normalized spacial score (nSPS) is 16.1. The van der Waals surface area contributed by atoms with Crippen LogP contribution in [0.1, 0.15) is 17.5 Å². The first-order valence-electron chi connectivity index (χ1n) is 7.38. The summed E-state index contributed by atoms with van der Waals surface area (Å²) < 4.78 is 26.5. The first-order valence-corrected chi connectivity index (χ1v) is 7.38. The van der Waals surface area contributed by atoms with Gasteiger partial charge >= 0.3 is 0 Å². The predicted molar refractivity (Wildman–Crippen MR) is 84.2 cm³/mol. The monoisotopic (exact) mass is 329 g/mol. The summed E-state index contributed by atoms with van der Waals surface area (Å²) in [7, 11) is 0. The van der Waals surface area contributed by atoms with Crippen LogP contribution in [-0.2, 0) is 6.42 Å². The quantitative estimate of drug-likeness (QED) is 0.691. The highest BCUT2D eigenvalue weighted by Gasteiger charge is 2.29. The van der Waals surface area contributed by atoms with Crippen molar-refractivity contribution in [2.45, 2.75) is 18.6 Å². The van der Waals surface area contributed by atoms with E-state index < -0.39 is 23.8 Å². The lowest BCUT2D eigenvalue weighted by Crippen LogP contribution is -2.28. The van der Waals surface area contributed by atoms with E-state index in [-0.39, 0.29) is 5.82 Å². The number of imidazole rings is 1. The molecule has 0 amide bonds. The third-order valence-electron chi connectivity index (χ3n) is 4.07. The molecule has 0 saturated carbocycles. The van der Waals surface area contributed by atoms with Gasteiger partial charge in [-0.1, -0.05) is 6.07 Å². The molecule has 7 heteroatoms. The summed E-state index contributed by atoms with van der Waals surface area (Å²) in [4.78, 5) is 11.1. The summed E-state index contributed by atoms with van der Waals surface area (Å²) in [6.07, 6.45) is -2.33. The molecule has 1 aliphatic heterocycles. The molecule has 2 heterocycles. The fourth-order valence-corrected chi connectivity index (χ4v) is 2.82. The van der Waals surface area contributed by atoms with Crippen molar-refractivity contribution < 1.29 is 19.0 Å². The van der Waals surface area contributed by atoms with Gasteiger partial charge in [0.05, 0.1) is 22.4 Å². The van der Waals surface area contributed by atoms with Crippen molar-refractivity contribution in [1.82, 2.24) is 9.97 Å². The first-order chi connectivity index (χ1) is 11.5. The van der Waals surface area contributed by atoms with Crippen molar-refractivity contribution in [3.05, 3.63) is 59.4 Å². The van der Waals surface area contributed by atoms with Gasteiger partial charge in [0, 0.05) is 6.42 Å². The number of rotatable bonds is 3. The number of aromatic nitrogens is 2. The van der Waals surface area contributed by atoms with Gasteiger partial charge in [0.25, 0.3) is 0 Å². The van der Waals surface area contributed by atoms with Gasteiger partial charge < -0.3 is 15.2 Å². The number of halogens is 2. The van der Waals surface area contributed by atoms with Gasteiger partial charge in [-0.15, -0.1) is 0 Å². The highest BCUT2D eigenvalue weighted by atomic mass is 19.1. The summed E-state index contributed by atoms with van der Waals surface area (Å²) in [6.45, 7) is 0. The van der Waals surface area contributed by atoms with E-state index in [0.717, 1.165) is 5.56 Å². The summed E-state index contributed by atoms with van der Waals surface area (Å²) in [5, 5.41) is 20.7. The molecule has 0 aliphatic carbocycles. The van der Waals surface area contributed by atoms with E-state index in [1.54, 1.807) is 6.07 Å². The van der Waals surface area contributed by atoms with Crippen LogP contribution in [0.3, 0.4) is 0 Å². The first kappa shape index (κ1) is 14.9. The average Bonchev–Trinajstić information content (AvgIpc) is 3.16. The van der Waals surface area contributed by atoms with Crippen molar-refractivity contribution in [3.63, 3.8) is 0 Å². The Labute approximate surface area is 135 Å². The van der Waals surface area contributed by atoms with Crippen molar-refractivity contribution in [2.24, 2.45) is 4.99 Å². The zero-order valence-corrected chi connectivity index (χ0v) is 12.4. The Morgan fingerprint density at radius 1 is 1.00 bits per heavy atom. The highest BCUT2D eigenvalue weighted by Crippen LogP contribution is 2.30. The Morgan fingerprint density at radius 2 is 1.75 bits per heavy atom. The number of fused-ring (bicyclic) bond motifs is 2. The number of hydrogen-bond donors (Lipinski definition) is 3. The molecule has 0 bridgehead atoms. The van der Waals surface area contributed by atoms with Crippen LogP contribution in [0.25, 0.3) is 11.0 Å². The van der Waals surface area contributed by atoms with E-state index in [9.17, 15) is 19.0 Å². The minimum Gasteiger partial charge on any atom is -0.384 e. The molecule has 2 aromatic carbocycles. The minimum atomic E-state index is -1.35. The van der Waals surface area contributed by atoms with Gasteiger partial charge in [0.2, 0.25) is 0 Å². The summed E-state index contributed by atoms with van der Waals surface area (Å²) in [5.74, 6) is -0.716. The maximum absolute atomic E-state index is 13.2. The maximum atomic E-state index is 13.2. The van der Waals surface area contributed by atoms with Crippen molar-refractivity contribution >= 4 is 22.4 Å². The molecule has 1 aromatic heterocycles. The SMILES string of the molecule is OC(C1=Nc2cc(F)ccc2C1)C(O)c1nc2ccc(F)cc2[nH]1. The van der Waals surface area contributed by atoms with Gasteiger partial charge in [0.15, 0.2) is 0 Å². The molecule has 0 spiro atoms. The Balaban J connectivity index is 1.62. The van der Waals surface area contributed by atoms with Crippen LogP contribution in [0.5, 0.6) is 0 Å². The lowest BCUT2D eigenvalue weighted by Gasteiger charge is -2.15. The summed E-state index contributed by atoms with van der Waals surface area (Å²) in [5.41, 5.74) is 2.47. The third kappa shape index (κ3) is 2.47. The molecular formula is C17H13F2N3O2. The van der Waals surface area contributed by atoms with Crippen LogP contribution < -0.4 is 0 Å². The lowest BCUT2D eigenvalue weighted by molar-refractivity contribution is 0.0538. The molecule has 5 nitrogen and oxygen atoms in total. The van der Waals surface area contributed by atoms with Gasteiger partial charge in [-0.05, 0) is 35.9 Å². The molecule has 3 aromatic rings. The standard InChI is InChI=1S/C17H13F2N3O2/c18-9-2-1-8-5-14(20-12(8)6-9)15(23)16(24)17-21-11-4-3-10(19)7-13(11)22-17/h1-4,6-7,15-16,23-24H,5H2,(H,21,22). The van der Waals surface area contributed by atoms with Crippen LogP contribution in [0.2, 0.25) is 0 Å². The Morgan fingerprint density at radius 3 is 2.58 bits per heavy atom. The van der Waals surface area contributed by atoms with Crippen molar-refractivity contribution in [3.8, 4) is 0 Å². The molecule has 2 atom stereocenters. The van der Waals surface area contributed by atoms with Crippen LogP contribution >= 0.6 is 0 Å². The second kappa shape index (κ2) is 5.47. The average molecular weight is 329 g/mol. The Hall–Kier alpha value is -2.64. The van der Waals surface area contributed by atoms with E-state index in [1.165, 1.54) is 30.3 Å². The number of aliphatic hydroxyl groups excluding tert-OH is 2. The number of aromatic amines is 1. The third-order valence-corrected chi connectivity index (χ3v) is 4.07. The number of aliphatic imine (C=N–C) groups is 1. The largest absolute Gasteiger partial charge is 0.384 e. The highest BCUT2D eigenvalue weighted by molar-refractivity contribution is 5.97. The second-order valence-corrected chi connectivity index (χ2v) is 5.73. The van der Waals surface area contributed by atoms with E-state index in [1.807, 2.05) is 0 Å². The number of nitrogens with zero attached hydrogens (tertiary/aromatic N) is 2. The number of benzene rings is 2. The summed E-state index contributed by atoms with van der Waals surface area (Å²) in [6, 6.07) is 8.22. The van der Waals surface area contributed by atoms with Crippen LogP contribution in [0.15, 0.2) is 41.4 Å². The molecule has 24 heavy (non-hydrogen) atoms. The van der Waals surface area contributed by atoms with Gasteiger partial charge in [-0.3, -0.25) is 4.99 Å². The molecule has 0 radical (unpaired) electrons. The number of H-pyrrole nitrogens is 1. The van der Waals surface area contributed by atoms with E-state index >= 15 is 0 Å². The van der Waals surface area contributed by atoms with E-state index in [0.29, 0.717) is 28.9 Å². The Bertz CT molecular complexity index is 968. The molecule has 0 fully saturated rings. The fraction of sp³-hybridized carbons (Fsp3) is 0.176. The molecule has 2 unspecified atom stereocenters. The fourth-order valence-electron chi connectivity index (χ4n) is 2.82. The molecular weight excluding hydrogens is 316 g/mol. The van der Waals surface area contributed by atoms with E-state index in [2.05, 4.69) is 15.0 Å². The van der Waals surface area contributed by atoms with Crippen LogP contribution in [-0.4, -0.2) is 32.0 Å². The molecule has 3 N–H and O–H groups in total. The van der Waals surface area contributed by atoms with Crippen LogP contribution in [0.4, 0.5) is 14.5 Å². The van der Waals surface area contributed by atoms with E-state index in [4.69, 9.17) is 0 Å². The zero-order chi connectivity index (χ0) is 16.8. The topological polar surface area (TPSA) is 81.5 Å². The maximum Gasteiger partial charge on any atom is 0.143 e. The van der Waals surface area contributed by atoms with Crippen LogP contribution in [0, 0.1) is 11.6 Å². The van der Waals surface area contributed by atoms with Gasteiger partial charge in [0.1, 0.15) is 29.7 Å². The molecule has 0 saturated heterocycles. The molecule has 122 valence electrons. The second-order valence-electron chi connectivity index (χ2n) is 5.73. The zero-order valence-electron chi connectivity index (χ0n) is 12.4. The molecule has 4 rings (SSSR count). The Kier molecular flexibility index (Phi) is 3.40. The number of nitrogens with one attached hydrogen (secondary N) is 1. The van der Waals surface area contributed by atoms with Crippen molar-refractivity contribution in [1.29, 1.82) is 0 Å². The lowest BCUT2D eigenvalue weighted by atomic mass is 10.0. The number of aliphatic hydroxyl groups is 2.